The lowest BCUT2D eigenvalue weighted by Gasteiger charge is -2.31. The number of carbonyl (C=O) groups is 1. The third-order valence-electron chi connectivity index (χ3n) is 6.04. The van der Waals surface area contributed by atoms with Crippen LogP contribution in [-0.2, 0) is 4.79 Å². The Hall–Kier alpha value is -2.30. The molecule has 1 aliphatic heterocycles. The van der Waals surface area contributed by atoms with E-state index in [0.29, 0.717) is 38.8 Å². The molecule has 170 valence electrons. The Balaban J connectivity index is 1.78. The van der Waals surface area contributed by atoms with Gasteiger partial charge in [0.15, 0.2) is 0 Å². The number of hydrogen-bond donors (Lipinski definition) is 2. The molecule has 1 saturated heterocycles. The van der Waals surface area contributed by atoms with Crippen molar-refractivity contribution in [3.8, 4) is 11.8 Å². The molecule has 0 spiro atoms. The summed E-state index contributed by atoms with van der Waals surface area (Å²) in [5, 5.41) is 22.7. The molecule has 2 aromatic rings. The second-order valence-electron chi connectivity index (χ2n) is 8.37. The van der Waals surface area contributed by atoms with E-state index in [1.54, 1.807) is 19.2 Å². The average molecular weight is 453 g/mol. The maximum Gasteiger partial charge on any atom is 0.144 e. The summed E-state index contributed by atoms with van der Waals surface area (Å²) < 4.78 is 0. The lowest BCUT2D eigenvalue weighted by molar-refractivity contribution is -0.123. The third kappa shape index (κ3) is 5.54. The maximum atomic E-state index is 13.3. The third-order valence-corrected chi connectivity index (χ3v) is 7.07. The van der Waals surface area contributed by atoms with Crippen molar-refractivity contribution in [1.29, 1.82) is 0 Å². The van der Waals surface area contributed by atoms with Crippen molar-refractivity contribution in [3.63, 3.8) is 0 Å². The van der Waals surface area contributed by atoms with Gasteiger partial charge in [-0.2, -0.15) is 0 Å². The number of rotatable bonds is 4. The van der Waals surface area contributed by atoms with Crippen LogP contribution < -0.4 is 0 Å². The van der Waals surface area contributed by atoms with E-state index < -0.39 is 18.2 Å². The Bertz CT molecular complexity index is 1010. The molecular weight excluding hydrogens is 420 g/mol. The Morgan fingerprint density at radius 2 is 1.97 bits per heavy atom. The summed E-state index contributed by atoms with van der Waals surface area (Å²) in [4.78, 5) is 20.2. The zero-order valence-corrected chi connectivity index (χ0v) is 19.9. The molecule has 2 heterocycles. The monoisotopic (exact) mass is 452 g/mol. The van der Waals surface area contributed by atoms with Crippen LogP contribution in [0.25, 0.3) is 6.08 Å². The van der Waals surface area contributed by atoms with Crippen molar-refractivity contribution >= 4 is 23.2 Å². The molecule has 0 saturated carbocycles. The number of thiazole rings is 1. The van der Waals surface area contributed by atoms with Gasteiger partial charge in [-0.25, -0.2) is 4.98 Å². The Kier molecular flexibility index (Phi) is 8.38. The van der Waals surface area contributed by atoms with Crippen LogP contribution in [0.4, 0.5) is 0 Å². The molecule has 1 aromatic heterocycles. The van der Waals surface area contributed by atoms with Crippen molar-refractivity contribution in [1.82, 2.24) is 9.88 Å². The fourth-order valence-corrected chi connectivity index (χ4v) is 5.37. The van der Waals surface area contributed by atoms with Crippen LogP contribution in [-0.4, -0.2) is 45.1 Å². The number of Topliss-reactive ketones (excluding diaryl/α,β-unsaturated/α-hetero) is 1. The number of carbonyl (C=O) groups excluding carboxylic acids is 1. The second-order valence-corrected chi connectivity index (χ2v) is 9.46. The molecule has 3 atom stereocenters. The van der Waals surface area contributed by atoms with E-state index in [2.05, 4.69) is 23.4 Å². The molecular formula is C26H32N2O3S. The van der Waals surface area contributed by atoms with Crippen molar-refractivity contribution in [2.45, 2.75) is 64.7 Å². The van der Waals surface area contributed by atoms with E-state index in [0.717, 1.165) is 32.1 Å². The zero-order chi connectivity index (χ0) is 23.3. The highest BCUT2D eigenvalue weighted by molar-refractivity contribution is 7.12. The van der Waals surface area contributed by atoms with Crippen LogP contribution in [0.2, 0.25) is 0 Å². The van der Waals surface area contributed by atoms with Crippen LogP contribution in [0.1, 0.15) is 76.9 Å². The van der Waals surface area contributed by atoms with Crippen molar-refractivity contribution < 1.29 is 15.0 Å². The predicted molar refractivity (Wildman–Crippen MR) is 129 cm³/mol. The van der Waals surface area contributed by atoms with Crippen molar-refractivity contribution in [3.05, 3.63) is 57.0 Å². The minimum Gasteiger partial charge on any atom is -0.392 e. The number of hydrogen-bond acceptors (Lipinski definition) is 6. The number of benzene rings is 1. The fourth-order valence-electron chi connectivity index (χ4n) is 4.58. The Labute approximate surface area is 194 Å². The lowest BCUT2D eigenvalue weighted by Crippen LogP contribution is -2.35. The van der Waals surface area contributed by atoms with E-state index in [9.17, 15) is 15.0 Å². The van der Waals surface area contributed by atoms with E-state index in [-0.39, 0.29) is 5.78 Å². The summed E-state index contributed by atoms with van der Waals surface area (Å²) >= 11 is 1.42. The number of ketones is 1. The predicted octanol–water partition coefficient (Wildman–Crippen LogP) is 4.36. The largest absolute Gasteiger partial charge is 0.392 e. The summed E-state index contributed by atoms with van der Waals surface area (Å²) in [6.07, 6.45) is 4.01. The van der Waals surface area contributed by atoms with Gasteiger partial charge in [-0.3, -0.25) is 9.69 Å². The van der Waals surface area contributed by atoms with Gasteiger partial charge < -0.3 is 10.2 Å². The molecule has 2 N–H and O–H groups in total. The van der Waals surface area contributed by atoms with E-state index in [4.69, 9.17) is 0 Å². The molecule has 5 nitrogen and oxygen atoms in total. The van der Waals surface area contributed by atoms with Gasteiger partial charge in [0.1, 0.15) is 17.0 Å². The molecule has 3 rings (SSSR count). The summed E-state index contributed by atoms with van der Waals surface area (Å²) in [5.74, 6) is 5.53. The molecule has 1 aromatic carbocycles. The van der Waals surface area contributed by atoms with Crippen molar-refractivity contribution in [2.75, 3.05) is 13.1 Å². The van der Waals surface area contributed by atoms with E-state index in [1.165, 1.54) is 11.3 Å². The van der Waals surface area contributed by atoms with Crippen LogP contribution >= 0.6 is 11.3 Å². The first-order valence-electron chi connectivity index (χ1n) is 11.1. The number of nitrogens with zero attached hydrogens (tertiary/aromatic N) is 2. The Morgan fingerprint density at radius 1 is 1.28 bits per heavy atom. The van der Waals surface area contributed by atoms with Crippen LogP contribution in [0, 0.1) is 25.7 Å². The first kappa shape index (κ1) is 24.3. The van der Waals surface area contributed by atoms with Crippen molar-refractivity contribution in [2.24, 2.45) is 0 Å². The minimum absolute atomic E-state index is 0.0566. The van der Waals surface area contributed by atoms with Gasteiger partial charge in [0.2, 0.25) is 0 Å². The molecule has 32 heavy (non-hydrogen) atoms. The smallest absolute Gasteiger partial charge is 0.144 e. The van der Waals surface area contributed by atoms with Gasteiger partial charge in [0.25, 0.3) is 0 Å². The lowest BCUT2D eigenvalue weighted by atomic mass is 9.80. The Morgan fingerprint density at radius 3 is 2.59 bits per heavy atom. The van der Waals surface area contributed by atoms with Gasteiger partial charge in [-0.1, -0.05) is 12.5 Å². The van der Waals surface area contributed by atoms with Gasteiger partial charge >= 0.3 is 0 Å². The highest BCUT2D eigenvalue weighted by atomic mass is 32.1. The molecule has 1 fully saturated rings. The van der Waals surface area contributed by atoms with Crippen LogP contribution in [0.5, 0.6) is 0 Å². The molecule has 0 aliphatic carbocycles. The van der Waals surface area contributed by atoms with E-state index >= 15 is 0 Å². The summed E-state index contributed by atoms with van der Waals surface area (Å²) in [6, 6.07) is 4.00. The highest BCUT2D eigenvalue weighted by Gasteiger charge is 2.32. The zero-order valence-electron chi connectivity index (χ0n) is 19.1. The van der Waals surface area contributed by atoms with Crippen LogP contribution in [0.3, 0.4) is 0 Å². The first-order valence-corrected chi connectivity index (χ1v) is 11.9. The van der Waals surface area contributed by atoms with Gasteiger partial charge in [0.05, 0.1) is 16.9 Å². The topological polar surface area (TPSA) is 73.7 Å². The average Bonchev–Trinajstić information content (AvgIpc) is 3.23. The molecule has 0 bridgehead atoms. The molecule has 0 amide bonds. The maximum absolute atomic E-state index is 13.3. The molecule has 3 unspecified atom stereocenters. The second kappa shape index (κ2) is 11.0. The summed E-state index contributed by atoms with van der Waals surface area (Å²) in [7, 11) is 0. The van der Waals surface area contributed by atoms with Crippen LogP contribution in [0.15, 0.2) is 24.9 Å². The summed E-state index contributed by atoms with van der Waals surface area (Å²) in [6.45, 7) is 10.8. The van der Waals surface area contributed by atoms with Gasteiger partial charge in [-0.05, 0) is 74.9 Å². The number of aryl methyl sites for hydroxylation is 2. The normalized spacial score (nSPS) is 21.5. The highest BCUT2D eigenvalue weighted by Crippen LogP contribution is 2.33. The molecule has 0 radical (unpaired) electrons. The molecule has 1 aliphatic rings. The quantitative estimate of drug-likeness (QED) is 0.675. The SMILES string of the molecule is C=Cc1ncc(C(O)N2CCCC(=O)C(c3c(C)cc(C#CC)cc3C)C(O)CCC2)s1. The van der Waals surface area contributed by atoms with Gasteiger partial charge in [0, 0.05) is 31.3 Å². The summed E-state index contributed by atoms with van der Waals surface area (Å²) in [5.41, 5.74) is 3.86. The minimum atomic E-state index is -0.764. The standard InChI is InChI=1S/C26H32N2O3S/c1-5-9-19-14-17(3)24(18(4)15-19)25-20(29)10-7-12-28(13-8-11-21(25)30)26(31)22-16-27-23(6-2)32-22/h6,14-16,20,25-26,29,31H,2,7-8,10-13H2,1,3-4H3. The first-order chi connectivity index (χ1) is 15.3. The van der Waals surface area contributed by atoms with Gasteiger partial charge in [-0.15, -0.1) is 17.3 Å². The molecule has 6 heteroatoms. The number of aliphatic hydroxyl groups excluding tert-OH is 2. The fraction of sp³-hybridized carbons (Fsp3) is 0.462. The number of aromatic nitrogens is 1. The number of aliphatic hydroxyl groups is 2. The van der Waals surface area contributed by atoms with E-state index in [1.807, 2.05) is 30.9 Å².